The van der Waals surface area contributed by atoms with Gasteiger partial charge in [-0.15, -0.1) is 0 Å². The molecule has 0 unspecified atom stereocenters. The Balaban J connectivity index is 2.11. The van der Waals surface area contributed by atoms with Crippen LogP contribution in [0, 0.1) is 0 Å². The first kappa shape index (κ1) is 19.0. The van der Waals surface area contributed by atoms with Crippen molar-refractivity contribution in [3.8, 4) is 17.2 Å². The number of nitrogens with two attached hydrogens (primary N) is 1. The van der Waals surface area contributed by atoms with Gasteiger partial charge in [-0.05, 0) is 30.3 Å². The molecule has 0 aliphatic rings. The van der Waals surface area contributed by atoms with Gasteiger partial charge in [0.25, 0.3) is 11.8 Å². The zero-order chi connectivity index (χ0) is 20.3. The number of amides is 2. The molecule has 28 heavy (non-hydrogen) atoms. The van der Waals surface area contributed by atoms with Gasteiger partial charge in [0.2, 0.25) is 0 Å². The summed E-state index contributed by atoms with van der Waals surface area (Å²) < 4.78 is 15.7. The molecular weight excluding hydrogens is 362 g/mol. The van der Waals surface area contributed by atoms with Gasteiger partial charge in [-0.25, -0.2) is 0 Å². The first-order chi connectivity index (χ1) is 13.5. The van der Waals surface area contributed by atoms with Crippen LogP contribution >= 0.6 is 0 Å². The molecule has 0 aliphatic heterocycles. The summed E-state index contributed by atoms with van der Waals surface area (Å²) in [4.78, 5) is 28.9. The highest BCUT2D eigenvalue weighted by Crippen LogP contribution is 2.36. The van der Waals surface area contributed by atoms with Crippen LogP contribution in [-0.2, 0) is 0 Å². The number of benzene rings is 2. The zero-order valence-electron chi connectivity index (χ0n) is 15.6. The highest BCUT2D eigenvalue weighted by Gasteiger charge is 2.19. The molecule has 8 heteroatoms. The Labute approximate surface area is 161 Å². The molecule has 0 spiro atoms. The standard InChI is InChI=1S/C20H19N3O5/c1-26-12-6-4-11(5-7-12)20(25)23-18-13-8-16(27-2)17(28-3)9-15(13)22-10-14(18)19(21)24/h4-10H,1-3H3,(H2,21,24)(H,22,23,25). The third kappa shape index (κ3) is 3.52. The number of rotatable bonds is 6. The van der Waals surface area contributed by atoms with Crippen LogP contribution in [0.1, 0.15) is 20.7 Å². The number of carbonyl (C=O) groups excluding carboxylic acids is 2. The topological polar surface area (TPSA) is 113 Å². The van der Waals surface area contributed by atoms with Gasteiger partial charge >= 0.3 is 0 Å². The zero-order valence-corrected chi connectivity index (χ0v) is 15.6. The molecule has 0 aliphatic carbocycles. The van der Waals surface area contributed by atoms with Crippen LogP contribution in [0.25, 0.3) is 10.9 Å². The van der Waals surface area contributed by atoms with Crippen LogP contribution in [0.2, 0.25) is 0 Å². The van der Waals surface area contributed by atoms with Crippen LogP contribution in [0.5, 0.6) is 17.2 Å². The number of aromatic nitrogens is 1. The Hall–Kier alpha value is -3.81. The van der Waals surface area contributed by atoms with E-state index in [0.717, 1.165) is 0 Å². The van der Waals surface area contributed by atoms with Gasteiger partial charge in [-0.3, -0.25) is 14.6 Å². The molecular formula is C20H19N3O5. The van der Waals surface area contributed by atoms with Crippen LogP contribution in [0.15, 0.2) is 42.6 Å². The molecule has 0 radical (unpaired) electrons. The Morgan fingerprint density at radius 3 is 2.18 bits per heavy atom. The molecule has 144 valence electrons. The maximum atomic E-state index is 12.7. The maximum Gasteiger partial charge on any atom is 0.255 e. The number of hydrogen-bond acceptors (Lipinski definition) is 6. The summed E-state index contributed by atoms with van der Waals surface area (Å²) in [7, 11) is 4.54. The lowest BCUT2D eigenvalue weighted by molar-refractivity contribution is 0.100. The van der Waals surface area contributed by atoms with Crippen LogP contribution < -0.4 is 25.3 Å². The van der Waals surface area contributed by atoms with Gasteiger partial charge in [0, 0.05) is 23.2 Å². The van der Waals surface area contributed by atoms with E-state index in [2.05, 4.69) is 10.3 Å². The fraction of sp³-hybridized carbons (Fsp3) is 0.150. The predicted molar refractivity (Wildman–Crippen MR) is 104 cm³/mol. The van der Waals surface area contributed by atoms with Crippen molar-refractivity contribution in [3.63, 3.8) is 0 Å². The number of carbonyl (C=O) groups is 2. The molecule has 2 aromatic carbocycles. The molecule has 0 saturated carbocycles. The van der Waals surface area contributed by atoms with E-state index in [9.17, 15) is 9.59 Å². The van der Waals surface area contributed by atoms with Gasteiger partial charge in [-0.2, -0.15) is 0 Å². The average Bonchev–Trinajstić information content (AvgIpc) is 2.72. The summed E-state index contributed by atoms with van der Waals surface area (Å²) in [6.07, 6.45) is 1.32. The number of pyridine rings is 1. The first-order valence-electron chi connectivity index (χ1n) is 8.28. The second-order valence-electron chi connectivity index (χ2n) is 5.82. The van der Waals surface area contributed by atoms with Crippen LogP contribution in [-0.4, -0.2) is 38.1 Å². The predicted octanol–water partition coefficient (Wildman–Crippen LogP) is 2.61. The van der Waals surface area contributed by atoms with Gasteiger partial charge in [0.15, 0.2) is 11.5 Å². The monoisotopic (exact) mass is 381 g/mol. The van der Waals surface area contributed by atoms with E-state index in [0.29, 0.717) is 33.7 Å². The van der Waals surface area contributed by atoms with Crippen molar-refractivity contribution in [2.45, 2.75) is 0 Å². The minimum Gasteiger partial charge on any atom is -0.497 e. The van der Waals surface area contributed by atoms with Gasteiger partial charge in [-0.1, -0.05) is 0 Å². The molecule has 0 atom stereocenters. The van der Waals surface area contributed by atoms with Gasteiger partial charge < -0.3 is 25.3 Å². The van der Waals surface area contributed by atoms with E-state index in [4.69, 9.17) is 19.9 Å². The number of primary amides is 1. The Bertz CT molecular complexity index is 1050. The van der Waals surface area contributed by atoms with Crippen molar-refractivity contribution in [2.24, 2.45) is 5.73 Å². The third-order valence-corrected chi connectivity index (χ3v) is 4.23. The number of hydrogen-bond donors (Lipinski definition) is 2. The van der Waals surface area contributed by atoms with E-state index in [1.54, 1.807) is 43.5 Å². The molecule has 8 nitrogen and oxygen atoms in total. The lowest BCUT2D eigenvalue weighted by Gasteiger charge is -2.15. The normalized spacial score (nSPS) is 10.4. The summed E-state index contributed by atoms with van der Waals surface area (Å²) in [6, 6.07) is 9.86. The average molecular weight is 381 g/mol. The maximum absolute atomic E-state index is 12.7. The highest BCUT2D eigenvalue weighted by molar-refractivity contribution is 6.14. The summed E-state index contributed by atoms with van der Waals surface area (Å²) in [6.45, 7) is 0. The number of anilines is 1. The van der Waals surface area contributed by atoms with Crippen molar-refractivity contribution in [2.75, 3.05) is 26.6 Å². The Morgan fingerprint density at radius 2 is 1.61 bits per heavy atom. The van der Waals surface area contributed by atoms with Crippen molar-refractivity contribution in [1.29, 1.82) is 0 Å². The molecule has 1 aromatic heterocycles. The fourth-order valence-corrected chi connectivity index (χ4v) is 2.77. The smallest absolute Gasteiger partial charge is 0.255 e. The second-order valence-corrected chi connectivity index (χ2v) is 5.82. The number of methoxy groups -OCH3 is 3. The minimum absolute atomic E-state index is 0.0848. The number of nitrogens with one attached hydrogen (secondary N) is 1. The van der Waals surface area contributed by atoms with Crippen molar-refractivity contribution in [1.82, 2.24) is 4.98 Å². The van der Waals surface area contributed by atoms with E-state index in [-0.39, 0.29) is 11.3 Å². The van der Waals surface area contributed by atoms with E-state index >= 15 is 0 Å². The molecule has 0 saturated heterocycles. The van der Waals surface area contributed by atoms with Crippen molar-refractivity contribution < 1.29 is 23.8 Å². The molecule has 0 fully saturated rings. The lowest BCUT2D eigenvalue weighted by atomic mass is 10.1. The first-order valence-corrected chi connectivity index (χ1v) is 8.28. The minimum atomic E-state index is -0.714. The van der Waals surface area contributed by atoms with Crippen LogP contribution in [0.4, 0.5) is 5.69 Å². The second kappa shape index (κ2) is 7.83. The Morgan fingerprint density at radius 1 is 0.964 bits per heavy atom. The number of nitrogens with zero attached hydrogens (tertiary/aromatic N) is 1. The van der Waals surface area contributed by atoms with E-state index in [1.165, 1.54) is 20.4 Å². The summed E-state index contributed by atoms with van der Waals surface area (Å²) in [5, 5.41) is 3.26. The molecule has 3 N–H and O–H groups in total. The highest BCUT2D eigenvalue weighted by atomic mass is 16.5. The largest absolute Gasteiger partial charge is 0.497 e. The van der Waals surface area contributed by atoms with Crippen molar-refractivity contribution >= 4 is 28.4 Å². The molecule has 3 rings (SSSR count). The van der Waals surface area contributed by atoms with Crippen molar-refractivity contribution in [3.05, 3.63) is 53.7 Å². The summed E-state index contributed by atoms with van der Waals surface area (Å²) >= 11 is 0. The van der Waals surface area contributed by atoms with Gasteiger partial charge in [0.1, 0.15) is 5.75 Å². The number of fused-ring (bicyclic) bond motifs is 1. The molecule has 1 heterocycles. The summed E-state index contributed by atoms with van der Waals surface area (Å²) in [5.74, 6) is 0.405. The molecule has 3 aromatic rings. The summed E-state index contributed by atoms with van der Waals surface area (Å²) in [5.41, 5.74) is 6.71. The fourth-order valence-electron chi connectivity index (χ4n) is 2.77. The quantitative estimate of drug-likeness (QED) is 0.679. The van der Waals surface area contributed by atoms with E-state index in [1.807, 2.05) is 0 Å². The van der Waals surface area contributed by atoms with E-state index < -0.39 is 11.8 Å². The van der Waals surface area contributed by atoms with Gasteiger partial charge in [0.05, 0.1) is 38.1 Å². The number of ether oxygens (including phenoxy) is 3. The van der Waals surface area contributed by atoms with Crippen LogP contribution in [0.3, 0.4) is 0 Å². The molecule has 0 bridgehead atoms. The SMILES string of the molecule is COc1ccc(C(=O)Nc2c(C(N)=O)cnc3cc(OC)c(OC)cc23)cc1. The molecule has 2 amide bonds. The third-order valence-electron chi connectivity index (χ3n) is 4.23. The lowest BCUT2D eigenvalue weighted by Crippen LogP contribution is -2.19. The Kier molecular flexibility index (Phi) is 5.30.